The van der Waals surface area contributed by atoms with E-state index in [-0.39, 0.29) is 65.1 Å². The highest BCUT2D eigenvalue weighted by atomic mass is 19.3. The molecule has 12 heteroatoms. The van der Waals surface area contributed by atoms with Crippen LogP contribution in [0, 0.1) is 29.4 Å². The Morgan fingerprint density at radius 2 is 1.79 bits per heavy atom. The van der Waals surface area contributed by atoms with Crippen LogP contribution in [-0.2, 0) is 12.0 Å². The number of carbonyl (C=O) groups excluding carboxylic acids is 1. The zero-order chi connectivity index (χ0) is 30.1. The second-order valence-corrected chi connectivity index (χ2v) is 11.7. The van der Waals surface area contributed by atoms with Gasteiger partial charge < -0.3 is 20.1 Å². The van der Waals surface area contributed by atoms with E-state index in [4.69, 9.17) is 5.73 Å². The van der Waals surface area contributed by atoms with Crippen LogP contribution in [0.2, 0.25) is 0 Å². The molecule has 1 aliphatic heterocycles. The maximum Gasteiger partial charge on any atom is 0.261 e. The Bertz CT molecular complexity index is 1610. The van der Waals surface area contributed by atoms with Crippen molar-refractivity contribution in [3.8, 4) is 0 Å². The minimum atomic E-state index is -2.80. The molecular formula is C30H30F5N5O2. The number of rotatable bonds is 9. The fourth-order valence-corrected chi connectivity index (χ4v) is 6.72. The number of likely N-dealkylation sites (tertiary alicyclic amines) is 1. The Hall–Kier alpha value is -3.80. The highest BCUT2D eigenvalue weighted by Crippen LogP contribution is 2.53. The van der Waals surface area contributed by atoms with Crippen LogP contribution in [0.5, 0.6) is 0 Å². The standard InChI is InChI=1S/C30H30F5N5O2/c1-15(18-5-3-4-16(24(18)31)10-17-6-9-37-27(33)25(17)32)40(26-19-12-38(2)13-20(19)26)22-11-23(41)39(14-21(22)28(36)42)30(7-8-30)29(34)35/h3-6,9,11,14-15,19-20,26,29H,7-8,10,12-13H2,1-2H3,(H2,36,42)/t15-,19?,20?,26?/m1/s1. The minimum absolute atomic E-state index is 0.0597. The third-order valence-electron chi connectivity index (χ3n) is 9.16. The molecule has 3 fully saturated rings. The number of fused-ring (bicyclic) bond motifs is 1. The molecule has 7 nitrogen and oxygen atoms in total. The summed E-state index contributed by atoms with van der Waals surface area (Å²) in [6.07, 6.45) is -0.601. The zero-order valence-electron chi connectivity index (χ0n) is 23.0. The Kier molecular flexibility index (Phi) is 6.87. The van der Waals surface area contributed by atoms with Gasteiger partial charge in [-0.25, -0.2) is 22.5 Å². The van der Waals surface area contributed by atoms with Crippen molar-refractivity contribution in [3.05, 3.63) is 92.9 Å². The Morgan fingerprint density at radius 1 is 1.12 bits per heavy atom. The topological polar surface area (TPSA) is 84.5 Å². The first kappa shape index (κ1) is 28.3. The third kappa shape index (κ3) is 4.56. The van der Waals surface area contributed by atoms with Crippen LogP contribution in [0.4, 0.5) is 27.6 Å². The first-order chi connectivity index (χ1) is 19.9. The largest absolute Gasteiger partial charge is 0.365 e. The molecule has 2 aromatic heterocycles. The molecule has 1 saturated heterocycles. The van der Waals surface area contributed by atoms with E-state index < -0.39 is 47.1 Å². The summed E-state index contributed by atoms with van der Waals surface area (Å²) in [4.78, 5) is 33.3. The van der Waals surface area contributed by atoms with Crippen LogP contribution in [0.15, 0.2) is 47.5 Å². The number of benzene rings is 1. The van der Waals surface area contributed by atoms with Gasteiger partial charge in [-0.05, 0) is 55.8 Å². The van der Waals surface area contributed by atoms with Gasteiger partial charge in [0.25, 0.3) is 17.9 Å². The molecule has 2 saturated carbocycles. The summed E-state index contributed by atoms with van der Waals surface area (Å²) in [6.45, 7) is 3.24. The van der Waals surface area contributed by atoms with Crippen LogP contribution in [-0.4, -0.2) is 53.0 Å². The highest BCUT2D eigenvalue weighted by molar-refractivity contribution is 5.98. The second kappa shape index (κ2) is 10.2. The highest BCUT2D eigenvalue weighted by Gasteiger charge is 2.59. The predicted molar refractivity (Wildman–Crippen MR) is 145 cm³/mol. The van der Waals surface area contributed by atoms with E-state index >= 15 is 4.39 Å². The van der Waals surface area contributed by atoms with Gasteiger partial charge in [-0.3, -0.25) is 9.59 Å². The summed E-state index contributed by atoms with van der Waals surface area (Å²) in [5.41, 5.74) is 3.73. The predicted octanol–water partition coefficient (Wildman–Crippen LogP) is 4.23. The van der Waals surface area contributed by atoms with Crippen molar-refractivity contribution in [2.24, 2.45) is 17.6 Å². The van der Waals surface area contributed by atoms with Crippen molar-refractivity contribution < 1.29 is 26.7 Å². The Morgan fingerprint density at radius 3 is 2.40 bits per heavy atom. The number of amides is 1. The van der Waals surface area contributed by atoms with Gasteiger partial charge in [0, 0.05) is 49.6 Å². The minimum Gasteiger partial charge on any atom is -0.365 e. The number of primary amides is 1. The van der Waals surface area contributed by atoms with E-state index in [1.165, 1.54) is 12.1 Å². The number of alkyl halides is 2. The average Bonchev–Trinajstić information content (AvgIpc) is 3.83. The molecule has 0 spiro atoms. The van der Waals surface area contributed by atoms with Crippen LogP contribution < -0.4 is 16.2 Å². The van der Waals surface area contributed by atoms with Gasteiger partial charge >= 0.3 is 0 Å². The maximum atomic E-state index is 16.1. The molecule has 2 aliphatic carbocycles. The number of nitrogens with two attached hydrogens (primary N) is 1. The van der Waals surface area contributed by atoms with Crippen molar-refractivity contribution in [1.29, 1.82) is 0 Å². The van der Waals surface area contributed by atoms with E-state index in [1.807, 2.05) is 11.9 Å². The molecular weight excluding hydrogens is 557 g/mol. The molecule has 1 amide bonds. The number of hydrogen-bond acceptors (Lipinski definition) is 5. The van der Waals surface area contributed by atoms with Gasteiger partial charge in [0.2, 0.25) is 5.95 Å². The number of nitrogens with zero attached hydrogens (tertiary/aromatic N) is 4. The number of hydrogen-bond donors (Lipinski definition) is 1. The number of piperidine rings is 1. The lowest BCUT2D eigenvalue weighted by molar-refractivity contribution is 0.0649. The van der Waals surface area contributed by atoms with Gasteiger partial charge in [-0.15, -0.1) is 0 Å². The molecule has 3 aliphatic rings. The Balaban J connectivity index is 1.44. The lowest BCUT2D eigenvalue weighted by Crippen LogP contribution is -2.41. The number of anilines is 1. The van der Waals surface area contributed by atoms with Crippen molar-refractivity contribution in [1.82, 2.24) is 14.5 Å². The smallest absolute Gasteiger partial charge is 0.261 e. The number of carbonyl (C=O) groups is 1. The Labute approximate surface area is 238 Å². The van der Waals surface area contributed by atoms with Crippen molar-refractivity contribution in [2.75, 3.05) is 25.0 Å². The van der Waals surface area contributed by atoms with E-state index in [2.05, 4.69) is 9.88 Å². The average molecular weight is 588 g/mol. The summed E-state index contributed by atoms with van der Waals surface area (Å²) < 4.78 is 72.9. The molecule has 3 atom stereocenters. The van der Waals surface area contributed by atoms with Crippen molar-refractivity contribution >= 4 is 11.6 Å². The van der Waals surface area contributed by atoms with Crippen LogP contribution in [0.3, 0.4) is 0 Å². The van der Waals surface area contributed by atoms with E-state index in [9.17, 15) is 27.2 Å². The van der Waals surface area contributed by atoms with E-state index in [1.54, 1.807) is 19.1 Å². The molecule has 3 aromatic rings. The number of pyridine rings is 2. The van der Waals surface area contributed by atoms with Crippen LogP contribution in [0.1, 0.15) is 52.9 Å². The lowest BCUT2D eigenvalue weighted by Gasteiger charge is -2.36. The monoisotopic (exact) mass is 587 g/mol. The zero-order valence-corrected chi connectivity index (χ0v) is 23.0. The van der Waals surface area contributed by atoms with Gasteiger partial charge in [0.15, 0.2) is 5.82 Å². The van der Waals surface area contributed by atoms with Gasteiger partial charge in [0.1, 0.15) is 11.4 Å². The van der Waals surface area contributed by atoms with Gasteiger partial charge in [-0.1, -0.05) is 18.2 Å². The SMILES string of the molecule is C[C@H](c1cccc(Cc2ccnc(F)c2F)c1F)N(c1cc(=O)n(C2(C(F)F)CC2)cc1C(N)=O)C1C2CN(C)CC21. The molecule has 6 rings (SSSR count). The molecule has 2 unspecified atom stereocenters. The summed E-state index contributed by atoms with van der Waals surface area (Å²) in [5, 5.41) is 0. The summed E-state index contributed by atoms with van der Waals surface area (Å²) in [7, 11) is 1.98. The molecule has 222 valence electrons. The van der Waals surface area contributed by atoms with Crippen LogP contribution >= 0.6 is 0 Å². The van der Waals surface area contributed by atoms with Crippen molar-refractivity contribution in [2.45, 2.75) is 50.2 Å². The third-order valence-corrected chi connectivity index (χ3v) is 9.16. The molecule has 42 heavy (non-hydrogen) atoms. The van der Waals surface area contributed by atoms with Gasteiger partial charge in [0.05, 0.1) is 17.3 Å². The first-order valence-electron chi connectivity index (χ1n) is 13.8. The summed E-state index contributed by atoms with van der Waals surface area (Å²) >= 11 is 0. The normalized spacial score (nSPS) is 23.1. The van der Waals surface area contributed by atoms with E-state index in [0.29, 0.717) is 0 Å². The number of halogens is 5. The molecule has 2 N–H and O–H groups in total. The van der Waals surface area contributed by atoms with E-state index in [0.717, 1.165) is 36.1 Å². The molecule has 0 radical (unpaired) electrons. The molecule has 0 bridgehead atoms. The maximum absolute atomic E-state index is 16.1. The molecule has 3 heterocycles. The fraction of sp³-hybridized carbons (Fsp3) is 0.433. The summed E-state index contributed by atoms with van der Waals surface area (Å²) in [5.74, 6) is -3.61. The lowest BCUT2D eigenvalue weighted by atomic mass is 9.97. The molecule has 1 aromatic carbocycles. The van der Waals surface area contributed by atoms with Crippen LogP contribution in [0.25, 0.3) is 0 Å². The quantitative estimate of drug-likeness (QED) is 0.299. The van der Waals surface area contributed by atoms with Crippen molar-refractivity contribution in [3.63, 3.8) is 0 Å². The fourth-order valence-electron chi connectivity index (χ4n) is 6.72. The van der Waals surface area contributed by atoms with Gasteiger partial charge in [-0.2, -0.15) is 4.39 Å². The number of aromatic nitrogens is 2. The second-order valence-electron chi connectivity index (χ2n) is 11.7. The first-order valence-corrected chi connectivity index (χ1v) is 13.8. The summed E-state index contributed by atoms with van der Waals surface area (Å²) in [6, 6.07) is 6.18.